The topological polar surface area (TPSA) is 111 Å². The fourth-order valence-electron chi connectivity index (χ4n) is 3.08. The summed E-state index contributed by atoms with van der Waals surface area (Å²) in [4.78, 5) is 37.1. The van der Waals surface area contributed by atoms with Gasteiger partial charge in [0.2, 0.25) is 0 Å². The second-order valence-corrected chi connectivity index (χ2v) is 6.57. The summed E-state index contributed by atoms with van der Waals surface area (Å²) in [6, 6.07) is 9.13. The lowest BCUT2D eigenvalue weighted by molar-refractivity contribution is -0.384. The van der Waals surface area contributed by atoms with E-state index >= 15 is 0 Å². The van der Waals surface area contributed by atoms with Gasteiger partial charge in [-0.3, -0.25) is 14.9 Å². The average Bonchev–Trinajstić information content (AvgIpc) is 2.74. The Balaban J connectivity index is 1.83. The highest BCUT2D eigenvalue weighted by molar-refractivity contribution is 6.06. The first-order valence-electron chi connectivity index (χ1n) is 9.01. The maximum atomic E-state index is 12.7. The first kappa shape index (κ1) is 20.3. The van der Waals surface area contributed by atoms with Crippen LogP contribution in [0.5, 0.6) is 0 Å². The zero-order chi connectivity index (χ0) is 21.0. The van der Waals surface area contributed by atoms with Crippen molar-refractivity contribution in [2.24, 2.45) is 0 Å². The van der Waals surface area contributed by atoms with Crippen molar-refractivity contribution in [1.82, 2.24) is 0 Å². The number of carbonyl (C=O) groups is 2. The number of nitro groups is 1. The summed E-state index contributed by atoms with van der Waals surface area (Å²) in [5, 5.41) is 13.9. The van der Waals surface area contributed by atoms with Crippen LogP contribution in [0.25, 0.3) is 0 Å². The van der Waals surface area contributed by atoms with E-state index in [0.29, 0.717) is 18.9 Å². The Morgan fingerprint density at radius 3 is 2.45 bits per heavy atom. The summed E-state index contributed by atoms with van der Waals surface area (Å²) in [5.74, 6) is -1.31. The lowest BCUT2D eigenvalue weighted by atomic mass is 10.1. The average molecular weight is 399 g/mol. The molecular weight excluding hydrogens is 378 g/mol. The van der Waals surface area contributed by atoms with Crippen LogP contribution in [0.15, 0.2) is 36.4 Å². The van der Waals surface area contributed by atoms with Crippen molar-refractivity contribution in [3.05, 3.63) is 63.2 Å². The van der Waals surface area contributed by atoms with Crippen molar-refractivity contribution in [1.29, 1.82) is 0 Å². The van der Waals surface area contributed by atoms with Crippen LogP contribution in [-0.4, -0.2) is 50.2 Å². The Labute approximate surface area is 167 Å². The van der Waals surface area contributed by atoms with E-state index in [4.69, 9.17) is 4.74 Å². The van der Waals surface area contributed by atoms with E-state index in [-0.39, 0.29) is 16.8 Å². The number of nitro benzene ring substituents is 1. The molecule has 0 spiro atoms. The van der Waals surface area contributed by atoms with Crippen LogP contribution >= 0.6 is 0 Å². The Kier molecular flexibility index (Phi) is 6.08. The number of nitrogens with zero attached hydrogens (tertiary/aromatic N) is 2. The molecule has 1 saturated heterocycles. The zero-order valence-corrected chi connectivity index (χ0v) is 16.1. The number of non-ortho nitro benzene ring substituents is 1. The van der Waals surface area contributed by atoms with E-state index in [1.807, 2.05) is 19.1 Å². The molecule has 0 radical (unpaired) electrons. The lowest BCUT2D eigenvalue weighted by Gasteiger charge is -2.29. The molecule has 9 heteroatoms. The molecule has 3 rings (SSSR count). The van der Waals surface area contributed by atoms with E-state index < -0.39 is 16.8 Å². The minimum absolute atomic E-state index is 0.00347. The molecule has 0 atom stereocenters. The number of morpholine rings is 1. The van der Waals surface area contributed by atoms with Crippen LogP contribution in [0.2, 0.25) is 0 Å². The van der Waals surface area contributed by atoms with Gasteiger partial charge in [-0.2, -0.15) is 0 Å². The molecule has 0 aliphatic carbocycles. The molecule has 1 fully saturated rings. The summed E-state index contributed by atoms with van der Waals surface area (Å²) >= 11 is 0. The number of esters is 1. The van der Waals surface area contributed by atoms with Crippen LogP contribution < -0.4 is 10.2 Å². The van der Waals surface area contributed by atoms with Crippen molar-refractivity contribution < 1.29 is 24.0 Å². The molecule has 2 aromatic carbocycles. The molecule has 0 bridgehead atoms. The molecule has 0 saturated carbocycles. The van der Waals surface area contributed by atoms with Gasteiger partial charge in [0.15, 0.2) is 0 Å². The highest BCUT2D eigenvalue weighted by Gasteiger charge is 2.19. The van der Waals surface area contributed by atoms with Crippen molar-refractivity contribution in [3.8, 4) is 0 Å². The Hall–Kier alpha value is -3.46. The second kappa shape index (κ2) is 8.70. The van der Waals surface area contributed by atoms with Crippen LogP contribution in [0.1, 0.15) is 26.3 Å². The van der Waals surface area contributed by atoms with Gasteiger partial charge in [0.1, 0.15) is 0 Å². The predicted molar refractivity (Wildman–Crippen MR) is 107 cm³/mol. The van der Waals surface area contributed by atoms with Crippen LogP contribution in [0.4, 0.5) is 17.1 Å². The highest BCUT2D eigenvalue weighted by atomic mass is 16.6. The van der Waals surface area contributed by atoms with Gasteiger partial charge in [0, 0.05) is 42.2 Å². The highest BCUT2D eigenvalue weighted by Crippen LogP contribution is 2.25. The Bertz CT molecular complexity index is 953. The van der Waals surface area contributed by atoms with E-state index in [9.17, 15) is 19.7 Å². The third-order valence-corrected chi connectivity index (χ3v) is 4.65. The summed E-state index contributed by atoms with van der Waals surface area (Å²) < 4.78 is 9.97. The molecule has 1 N–H and O–H groups in total. The van der Waals surface area contributed by atoms with Gasteiger partial charge >= 0.3 is 5.97 Å². The van der Waals surface area contributed by atoms with Gasteiger partial charge < -0.3 is 19.7 Å². The maximum absolute atomic E-state index is 12.7. The van der Waals surface area contributed by atoms with Crippen LogP contribution in [-0.2, 0) is 9.47 Å². The van der Waals surface area contributed by atoms with E-state index in [1.54, 1.807) is 6.07 Å². The number of carbonyl (C=O) groups excluding carboxylic acids is 2. The number of amides is 1. The quantitative estimate of drug-likeness (QED) is 0.467. The standard InChI is InChI=1S/C20H21N3O6/c1-13-9-16(22-5-7-29-8-6-22)3-4-18(13)21-19(24)14-10-15(20(25)28-2)12-17(11-14)23(26)27/h3-4,9-12H,5-8H2,1-2H3,(H,21,24). The summed E-state index contributed by atoms with van der Waals surface area (Å²) in [7, 11) is 1.17. The number of nitrogens with one attached hydrogen (secondary N) is 1. The third kappa shape index (κ3) is 4.69. The van der Waals surface area contributed by atoms with Gasteiger partial charge in [-0.15, -0.1) is 0 Å². The summed E-state index contributed by atoms with van der Waals surface area (Å²) in [6.07, 6.45) is 0. The normalized spacial score (nSPS) is 13.7. The van der Waals surface area contributed by atoms with Gasteiger partial charge in [-0.1, -0.05) is 0 Å². The van der Waals surface area contributed by atoms with E-state index in [1.165, 1.54) is 13.2 Å². The van der Waals surface area contributed by atoms with Crippen molar-refractivity contribution >= 4 is 28.9 Å². The largest absolute Gasteiger partial charge is 0.465 e. The third-order valence-electron chi connectivity index (χ3n) is 4.65. The number of aryl methyl sites for hydroxylation is 1. The number of anilines is 2. The van der Waals surface area contributed by atoms with Gasteiger partial charge in [-0.05, 0) is 36.8 Å². The zero-order valence-electron chi connectivity index (χ0n) is 16.1. The van der Waals surface area contributed by atoms with E-state index in [2.05, 4.69) is 15.0 Å². The van der Waals surface area contributed by atoms with Crippen molar-refractivity contribution in [2.45, 2.75) is 6.92 Å². The van der Waals surface area contributed by atoms with Gasteiger partial charge in [0.25, 0.3) is 11.6 Å². The molecule has 9 nitrogen and oxygen atoms in total. The molecule has 1 amide bonds. The number of methoxy groups -OCH3 is 1. The lowest BCUT2D eigenvalue weighted by Crippen LogP contribution is -2.36. The smallest absolute Gasteiger partial charge is 0.338 e. The summed E-state index contributed by atoms with van der Waals surface area (Å²) in [5.41, 5.74) is 2.03. The second-order valence-electron chi connectivity index (χ2n) is 6.57. The fourth-order valence-corrected chi connectivity index (χ4v) is 3.08. The summed E-state index contributed by atoms with van der Waals surface area (Å²) in [6.45, 7) is 4.82. The predicted octanol–water partition coefficient (Wildman–Crippen LogP) is 2.78. The van der Waals surface area contributed by atoms with E-state index in [0.717, 1.165) is 36.5 Å². The molecule has 1 aliphatic heterocycles. The molecule has 0 aromatic heterocycles. The van der Waals surface area contributed by atoms with Crippen molar-refractivity contribution in [2.75, 3.05) is 43.6 Å². The Morgan fingerprint density at radius 2 is 1.83 bits per heavy atom. The number of hydrogen-bond donors (Lipinski definition) is 1. The monoisotopic (exact) mass is 399 g/mol. The molecular formula is C20H21N3O6. The molecule has 2 aromatic rings. The number of ether oxygens (including phenoxy) is 2. The fraction of sp³-hybridized carbons (Fsp3) is 0.300. The number of rotatable bonds is 5. The molecule has 29 heavy (non-hydrogen) atoms. The minimum Gasteiger partial charge on any atom is -0.465 e. The van der Waals surface area contributed by atoms with Crippen LogP contribution in [0.3, 0.4) is 0 Å². The number of benzene rings is 2. The minimum atomic E-state index is -0.756. The molecule has 152 valence electrons. The molecule has 0 unspecified atom stereocenters. The first-order valence-corrected chi connectivity index (χ1v) is 9.01. The Morgan fingerprint density at radius 1 is 1.14 bits per heavy atom. The number of hydrogen-bond acceptors (Lipinski definition) is 7. The molecule has 1 heterocycles. The van der Waals surface area contributed by atoms with Crippen LogP contribution in [0, 0.1) is 17.0 Å². The maximum Gasteiger partial charge on any atom is 0.338 e. The van der Waals surface area contributed by atoms with Crippen molar-refractivity contribution in [3.63, 3.8) is 0 Å². The van der Waals surface area contributed by atoms with Gasteiger partial charge in [-0.25, -0.2) is 4.79 Å². The SMILES string of the molecule is COC(=O)c1cc(C(=O)Nc2ccc(N3CCOCC3)cc2C)cc([N+](=O)[O-])c1. The molecule has 1 aliphatic rings. The first-order chi connectivity index (χ1) is 13.9. The van der Waals surface area contributed by atoms with Gasteiger partial charge in [0.05, 0.1) is 30.8 Å².